The molecule has 0 saturated carbocycles. The Kier molecular flexibility index (Phi) is 9.15. The van der Waals surface area contributed by atoms with Crippen molar-refractivity contribution in [3.8, 4) is 0 Å². The highest BCUT2D eigenvalue weighted by molar-refractivity contribution is 5.34. The molecule has 0 amide bonds. The fraction of sp³-hybridized carbons (Fsp3) is 0.419. The van der Waals surface area contributed by atoms with E-state index in [1.165, 1.54) is 31.2 Å². The number of ether oxygens (including phenoxy) is 4. The van der Waals surface area contributed by atoms with Crippen LogP contribution in [0.3, 0.4) is 0 Å². The van der Waals surface area contributed by atoms with Crippen molar-refractivity contribution in [3.05, 3.63) is 106 Å². The molecule has 0 aliphatic carbocycles. The maximum Gasteiger partial charge on any atom is 0.416 e. The van der Waals surface area contributed by atoms with Gasteiger partial charge < -0.3 is 24.1 Å². The Labute approximate surface area is 243 Å². The van der Waals surface area contributed by atoms with E-state index >= 15 is 0 Å². The lowest BCUT2D eigenvalue weighted by atomic mass is 9.89. The van der Waals surface area contributed by atoms with E-state index in [1.807, 2.05) is 30.3 Å². The third kappa shape index (κ3) is 7.38. The van der Waals surface area contributed by atoms with Gasteiger partial charge in [0.25, 0.3) is 0 Å². The molecule has 2 fully saturated rings. The molecular weight excluding hydrogens is 585 g/mol. The van der Waals surface area contributed by atoms with Crippen LogP contribution in [-0.4, -0.2) is 35.8 Å². The van der Waals surface area contributed by atoms with E-state index in [1.54, 1.807) is 0 Å². The largest absolute Gasteiger partial charge is 0.416 e. The first kappa shape index (κ1) is 31.4. The highest BCUT2D eigenvalue weighted by Gasteiger charge is 2.50. The summed E-state index contributed by atoms with van der Waals surface area (Å²) in [5, 5.41) is 11.4. The van der Waals surface area contributed by atoms with Gasteiger partial charge in [0.15, 0.2) is 6.29 Å². The van der Waals surface area contributed by atoms with Gasteiger partial charge in [0.1, 0.15) is 24.1 Å². The number of aliphatic hydroxyl groups is 1. The van der Waals surface area contributed by atoms with Crippen molar-refractivity contribution >= 4 is 0 Å². The van der Waals surface area contributed by atoms with Crippen LogP contribution in [-0.2, 0) is 37.9 Å². The summed E-state index contributed by atoms with van der Waals surface area (Å²) >= 11 is 0. The molecule has 0 spiro atoms. The molecule has 3 aromatic rings. The fourth-order valence-corrected chi connectivity index (χ4v) is 5.33. The maximum absolute atomic E-state index is 13.5. The van der Waals surface area contributed by atoms with Gasteiger partial charge in [0.05, 0.1) is 36.0 Å². The van der Waals surface area contributed by atoms with Crippen molar-refractivity contribution in [2.24, 2.45) is 0 Å². The second kappa shape index (κ2) is 12.5. The lowest BCUT2D eigenvalue weighted by Gasteiger charge is -2.48. The molecule has 2 heterocycles. The van der Waals surface area contributed by atoms with Gasteiger partial charge in [0.2, 0.25) is 0 Å². The number of hydrogen-bond acceptors (Lipinski definition) is 5. The number of fused-ring (bicyclic) bond motifs is 1. The van der Waals surface area contributed by atoms with Crippen molar-refractivity contribution in [1.29, 1.82) is 0 Å². The summed E-state index contributed by atoms with van der Waals surface area (Å²) in [4.78, 5) is 0. The second-order valence-corrected chi connectivity index (χ2v) is 10.6. The van der Waals surface area contributed by atoms with Crippen LogP contribution in [0.1, 0.15) is 59.8 Å². The van der Waals surface area contributed by atoms with Gasteiger partial charge in [-0.3, -0.25) is 0 Å². The summed E-state index contributed by atoms with van der Waals surface area (Å²) in [6.07, 6.45) is -16.3. The molecule has 0 bridgehead atoms. The van der Waals surface area contributed by atoms with Crippen LogP contribution in [0.25, 0.3) is 0 Å². The number of halogens is 7. The summed E-state index contributed by atoms with van der Waals surface area (Å²) in [6, 6.07) is 16.0. The van der Waals surface area contributed by atoms with Crippen LogP contribution in [0, 0.1) is 5.82 Å². The Balaban J connectivity index is 1.40. The van der Waals surface area contributed by atoms with Crippen LogP contribution in [0.4, 0.5) is 30.7 Å². The molecule has 7 atom stereocenters. The number of benzene rings is 3. The molecule has 232 valence electrons. The van der Waals surface area contributed by atoms with E-state index in [-0.39, 0.29) is 24.3 Å². The summed E-state index contributed by atoms with van der Waals surface area (Å²) in [5.74, 6) is -0.468. The first-order chi connectivity index (χ1) is 20.3. The van der Waals surface area contributed by atoms with Gasteiger partial charge in [-0.2, -0.15) is 26.3 Å². The number of hydrogen-bond donors (Lipinski definition) is 1. The van der Waals surface area contributed by atoms with Crippen molar-refractivity contribution < 1.29 is 54.8 Å². The second-order valence-electron chi connectivity index (χ2n) is 10.6. The lowest BCUT2D eigenvalue weighted by molar-refractivity contribution is -0.337. The minimum atomic E-state index is -5.03. The molecular formula is C31H29F7O5. The molecule has 2 saturated heterocycles. The molecule has 5 rings (SSSR count). The van der Waals surface area contributed by atoms with E-state index in [2.05, 4.69) is 0 Å². The third-order valence-electron chi connectivity index (χ3n) is 7.60. The van der Waals surface area contributed by atoms with Crippen molar-refractivity contribution in [3.63, 3.8) is 0 Å². The molecule has 2 aliphatic heterocycles. The average molecular weight is 615 g/mol. The summed E-state index contributed by atoms with van der Waals surface area (Å²) in [6.45, 7) is 1.16. The van der Waals surface area contributed by atoms with Crippen molar-refractivity contribution in [1.82, 2.24) is 0 Å². The smallest absolute Gasteiger partial charge is 0.387 e. The van der Waals surface area contributed by atoms with Crippen LogP contribution < -0.4 is 0 Å². The summed E-state index contributed by atoms with van der Waals surface area (Å²) in [5.41, 5.74) is -1.90. The third-order valence-corrected chi connectivity index (χ3v) is 7.60. The van der Waals surface area contributed by atoms with Crippen molar-refractivity contribution in [2.75, 3.05) is 0 Å². The van der Waals surface area contributed by atoms with Gasteiger partial charge in [0, 0.05) is 0 Å². The topological polar surface area (TPSA) is 57.2 Å². The molecule has 5 nitrogen and oxygen atoms in total. The maximum atomic E-state index is 13.5. The molecule has 0 aromatic heterocycles. The molecule has 2 aliphatic rings. The predicted molar refractivity (Wildman–Crippen MR) is 139 cm³/mol. The van der Waals surface area contributed by atoms with Gasteiger partial charge in [-0.05, 0) is 66.8 Å². The first-order valence-electron chi connectivity index (χ1n) is 13.6. The Morgan fingerprint density at radius 1 is 0.860 bits per heavy atom. The predicted octanol–water partition coefficient (Wildman–Crippen LogP) is 7.53. The van der Waals surface area contributed by atoms with Crippen LogP contribution in [0.15, 0.2) is 72.8 Å². The minimum Gasteiger partial charge on any atom is -0.387 e. The molecule has 1 N–H and O–H groups in total. The quantitative estimate of drug-likeness (QED) is 0.279. The van der Waals surface area contributed by atoms with Gasteiger partial charge >= 0.3 is 12.4 Å². The van der Waals surface area contributed by atoms with E-state index in [0.717, 1.165) is 5.56 Å². The van der Waals surface area contributed by atoms with Crippen LogP contribution in [0.5, 0.6) is 0 Å². The summed E-state index contributed by atoms with van der Waals surface area (Å²) < 4.78 is 118. The highest BCUT2D eigenvalue weighted by Crippen LogP contribution is 2.42. The van der Waals surface area contributed by atoms with E-state index < -0.39 is 66.1 Å². The minimum absolute atomic E-state index is 0.0405. The Morgan fingerprint density at radius 2 is 1.49 bits per heavy atom. The summed E-state index contributed by atoms with van der Waals surface area (Å²) in [7, 11) is 0. The Morgan fingerprint density at radius 3 is 2.09 bits per heavy atom. The van der Waals surface area contributed by atoms with E-state index in [4.69, 9.17) is 18.9 Å². The number of rotatable bonds is 7. The van der Waals surface area contributed by atoms with E-state index in [0.29, 0.717) is 30.5 Å². The lowest BCUT2D eigenvalue weighted by Crippen LogP contribution is -2.61. The molecule has 0 radical (unpaired) electrons. The normalized spacial score (nSPS) is 27.0. The zero-order chi connectivity index (χ0) is 30.9. The van der Waals surface area contributed by atoms with E-state index in [9.17, 15) is 35.8 Å². The van der Waals surface area contributed by atoms with Gasteiger partial charge in [-0.25, -0.2) is 4.39 Å². The molecule has 43 heavy (non-hydrogen) atoms. The monoisotopic (exact) mass is 614 g/mol. The Hall–Kier alpha value is -3.03. The molecule has 12 heteroatoms. The fourth-order valence-electron chi connectivity index (χ4n) is 5.33. The van der Waals surface area contributed by atoms with Crippen LogP contribution in [0.2, 0.25) is 0 Å². The van der Waals surface area contributed by atoms with Gasteiger partial charge in [-0.1, -0.05) is 42.5 Å². The van der Waals surface area contributed by atoms with Crippen molar-refractivity contribution in [2.45, 2.75) is 81.6 Å². The molecule has 3 aromatic carbocycles. The zero-order valence-corrected chi connectivity index (χ0v) is 22.8. The average Bonchev–Trinajstić information content (AvgIpc) is 2.97. The van der Waals surface area contributed by atoms with Crippen LogP contribution >= 0.6 is 0 Å². The standard InChI is InChI=1S/C31H29F7O5/c1-17(20-13-21(30(33,34)35)15-22(14-20)31(36,37)38)41-29-28(40-16-18-7-9-23(32)10-8-18)26(39)27-25(43-29)12-11-24(42-27)19-5-3-2-4-6-19/h2-10,13-15,17,24-29,39H,11-12,16H2,1H3/t17-,24+,25-,26+,27+,28-,29+/m1/s1. The van der Waals surface area contributed by atoms with Gasteiger partial charge in [-0.15, -0.1) is 0 Å². The SMILES string of the molecule is C[C@@H](O[C@H]1O[C@@H]2CC[C@@H](c3ccccc3)O[C@@H]2[C@H](O)[C@H]1OCc1ccc(F)cc1)c1cc(C(F)(F)F)cc(C(F)(F)F)c1. The molecule has 0 unspecified atom stereocenters. The Bertz CT molecular complexity index is 1330. The first-order valence-corrected chi connectivity index (χ1v) is 13.6. The number of alkyl halides is 6. The zero-order valence-electron chi connectivity index (χ0n) is 22.8. The highest BCUT2D eigenvalue weighted by atomic mass is 19.4. The number of aliphatic hydroxyl groups excluding tert-OH is 1.